The fourth-order valence-corrected chi connectivity index (χ4v) is 5.08. The fourth-order valence-electron chi connectivity index (χ4n) is 4.27. The van der Waals surface area contributed by atoms with Crippen molar-refractivity contribution in [3.63, 3.8) is 0 Å². The van der Waals surface area contributed by atoms with Crippen molar-refractivity contribution in [2.24, 2.45) is 0 Å². The molecule has 9 nitrogen and oxygen atoms in total. The second kappa shape index (κ2) is 12.0. The van der Waals surface area contributed by atoms with E-state index in [1.807, 2.05) is 52.7 Å². The van der Waals surface area contributed by atoms with E-state index in [0.29, 0.717) is 22.9 Å². The van der Waals surface area contributed by atoms with E-state index in [9.17, 15) is 18.0 Å². The van der Waals surface area contributed by atoms with Gasteiger partial charge in [-0.15, -0.1) is 11.3 Å². The number of alkyl halides is 3. The van der Waals surface area contributed by atoms with Crippen LogP contribution in [0.4, 0.5) is 13.2 Å². The second-order valence-electron chi connectivity index (χ2n) is 9.30. The van der Waals surface area contributed by atoms with Crippen molar-refractivity contribution in [3.05, 3.63) is 53.4 Å². The van der Waals surface area contributed by atoms with Crippen molar-refractivity contribution in [3.8, 4) is 27.7 Å². The third kappa shape index (κ3) is 6.59. The third-order valence-corrected chi connectivity index (χ3v) is 7.42. The highest BCUT2D eigenvalue weighted by Crippen LogP contribution is 2.33. The molecule has 0 saturated carbocycles. The maximum Gasteiger partial charge on any atom is 0.490 e. The summed E-state index contributed by atoms with van der Waals surface area (Å²) in [6.07, 6.45) is -3.10. The minimum absolute atomic E-state index is 0.0541. The van der Waals surface area contributed by atoms with E-state index in [1.165, 1.54) is 0 Å². The van der Waals surface area contributed by atoms with Gasteiger partial charge in [0.1, 0.15) is 22.1 Å². The number of aliphatic carboxylic acids is 1. The van der Waals surface area contributed by atoms with E-state index in [1.54, 1.807) is 18.4 Å². The standard InChI is InChI=1S/C25H26N4O3S.C2HF3O2/c1-28(2)18-10-12-29(13-11-18)25(30)17-6-9-22-20(14-17)23(27-32-22)21-15-33-24(26-21)16-4-7-19(31-3)8-5-16;3-2(4,5)1(6)7/h4-9,14-15,18H,10-13H2,1-3H3;(H,6,7). The summed E-state index contributed by atoms with van der Waals surface area (Å²) in [6.45, 7) is 1.54. The van der Waals surface area contributed by atoms with Crippen LogP contribution in [-0.2, 0) is 4.79 Å². The summed E-state index contributed by atoms with van der Waals surface area (Å²) in [7, 11) is 5.85. The zero-order chi connectivity index (χ0) is 29.0. The number of benzene rings is 2. The number of nitrogens with zero attached hydrogens (tertiary/aromatic N) is 4. The van der Waals surface area contributed by atoms with Crippen molar-refractivity contribution in [1.82, 2.24) is 19.9 Å². The smallest absolute Gasteiger partial charge is 0.490 e. The summed E-state index contributed by atoms with van der Waals surface area (Å²) in [5, 5.41) is 15.0. The van der Waals surface area contributed by atoms with Gasteiger partial charge >= 0.3 is 12.1 Å². The van der Waals surface area contributed by atoms with Crippen molar-refractivity contribution < 1.29 is 37.1 Å². The predicted molar refractivity (Wildman–Crippen MR) is 143 cm³/mol. The molecule has 0 aliphatic carbocycles. The number of ether oxygens (including phenoxy) is 1. The zero-order valence-electron chi connectivity index (χ0n) is 21.9. The van der Waals surface area contributed by atoms with Crippen LogP contribution in [0.1, 0.15) is 23.2 Å². The van der Waals surface area contributed by atoms with Gasteiger partial charge in [-0.25, -0.2) is 9.78 Å². The number of methoxy groups -OCH3 is 1. The highest BCUT2D eigenvalue weighted by molar-refractivity contribution is 7.13. The zero-order valence-corrected chi connectivity index (χ0v) is 22.8. The molecule has 1 aliphatic heterocycles. The summed E-state index contributed by atoms with van der Waals surface area (Å²) in [5.41, 5.74) is 3.70. The molecule has 0 atom stereocenters. The number of halogens is 3. The van der Waals surface area contributed by atoms with Crippen LogP contribution in [0.5, 0.6) is 5.75 Å². The first kappa shape index (κ1) is 29.0. The Morgan fingerprint density at radius 2 is 1.77 bits per heavy atom. The summed E-state index contributed by atoms with van der Waals surface area (Å²) in [6, 6.07) is 13.9. The van der Waals surface area contributed by atoms with Gasteiger partial charge in [0, 0.05) is 35.6 Å². The van der Waals surface area contributed by atoms with Crippen LogP contribution in [0.2, 0.25) is 0 Å². The molecule has 1 fully saturated rings. The van der Waals surface area contributed by atoms with Crippen LogP contribution in [0, 0.1) is 0 Å². The number of rotatable bonds is 5. The summed E-state index contributed by atoms with van der Waals surface area (Å²) >= 11 is 1.55. The molecule has 1 saturated heterocycles. The first-order chi connectivity index (χ1) is 19.0. The third-order valence-electron chi connectivity index (χ3n) is 6.53. The van der Waals surface area contributed by atoms with Gasteiger partial charge in [0.15, 0.2) is 5.58 Å². The first-order valence-corrected chi connectivity index (χ1v) is 13.1. The Hall–Kier alpha value is -3.97. The minimum atomic E-state index is -5.08. The Labute approximate surface area is 231 Å². The molecule has 2 aromatic heterocycles. The lowest BCUT2D eigenvalue weighted by molar-refractivity contribution is -0.192. The number of carbonyl (C=O) groups is 2. The molecule has 1 amide bonds. The number of carboxylic acids is 1. The average Bonchev–Trinajstić information content (AvgIpc) is 3.59. The van der Waals surface area contributed by atoms with Crippen molar-refractivity contribution >= 4 is 34.2 Å². The molecule has 0 radical (unpaired) electrons. The molecular weight excluding hydrogens is 549 g/mol. The molecule has 13 heteroatoms. The molecule has 2 aromatic carbocycles. The molecule has 212 valence electrons. The average molecular weight is 577 g/mol. The van der Waals surface area contributed by atoms with Gasteiger partial charge in [-0.1, -0.05) is 5.16 Å². The van der Waals surface area contributed by atoms with E-state index < -0.39 is 12.1 Å². The summed E-state index contributed by atoms with van der Waals surface area (Å²) in [5.74, 6) is -1.90. The number of hydrogen-bond donors (Lipinski definition) is 1. The van der Waals surface area contributed by atoms with Crippen LogP contribution in [-0.4, -0.2) is 83.4 Å². The molecule has 1 N–H and O–H groups in total. The lowest BCUT2D eigenvalue weighted by atomic mass is 10.0. The highest BCUT2D eigenvalue weighted by atomic mass is 32.1. The largest absolute Gasteiger partial charge is 0.497 e. The van der Waals surface area contributed by atoms with Crippen molar-refractivity contribution in [2.75, 3.05) is 34.3 Å². The number of aromatic nitrogens is 2. The van der Waals surface area contributed by atoms with E-state index in [-0.39, 0.29) is 5.91 Å². The number of fused-ring (bicyclic) bond motifs is 1. The molecule has 1 aliphatic rings. The monoisotopic (exact) mass is 576 g/mol. The van der Waals surface area contributed by atoms with Crippen LogP contribution in [0.25, 0.3) is 32.9 Å². The number of likely N-dealkylation sites (tertiary alicyclic amines) is 1. The number of thiazole rings is 1. The highest BCUT2D eigenvalue weighted by Gasteiger charge is 2.38. The number of piperidine rings is 1. The molecular formula is C27H27F3N4O5S. The Balaban J connectivity index is 0.000000470. The fraction of sp³-hybridized carbons (Fsp3) is 0.333. The summed E-state index contributed by atoms with van der Waals surface area (Å²) < 4.78 is 42.5. The molecule has 0 bridgehead atoms. The van der Waals surface area contributed by atoms with Crippen LogP contribution >= 0.6 is 11.3 Å². The first-order valence-electron chi connectivity index (χ1n) is 12.2. The maximum absolute atomic E-state index is 13.2. The number of carboxylic acid groups (broad SMARTS) is 1. The molecule has 5 rings (SSSR count). The van der Waals surface area contributed by atoms with Crippen LogP contribution in [0.3, 0.4) is 0 Å². The number of amides is 1. The molecule has 40 heavy (non-hydrogen) atoms. The maximum atomic E-state index is 13.2. The van der Waals surface area contributed by atoms with Gasteiger partial charge < -0.3 is 24.2 Å². The van der Waals surface area contributed by atoms with Gasteiger partial charge in [0.25, 0.3) is 5.91 Å². The topological polar surface area (TPSA) is 109 Å². The minimum Gasteiger partial charge on any atom is -0.497 e. The Bertz CT molecular complexity index is 1480. The van der Waals surface area contributed by atoms with Crippen LogP contribution < -0.4 is 4.74 Å². The Kier molecular flexibility index (Phi) is 8.74. The SMILES string of the molecule is COc1ccc(-c2nc(-c3noc4ccc(C(=O)N5CCC(N(C)C)CC5)cc34)cs2)cc1.O=C(O)C(F)(F)F. The number of carbonyl (C=O) groups excluding carboxylic acids is 1. The van der Waals surface area contributed by atoms with Gasteiger partial charge in [-0.3, -0.25) is 4.79 Å². The van der Waals surface area contributed by atoms with Gasteiger partial charge in [0.2, 0.25) is 0 Å². The van der Waals surface area contributed by atoms with Gasteiger partial charge in [-0.05, 0) is 69.4 Å². The Morgan fingerprint density at radius 3 is 2.35 bits per heavy atom. The molecule has 0 spiro atoms. The van der Waals surface area contributed by atoms with E-state index >= 15 is 0 Å². The molecule has 4 aromatic rings. The Morgan fingerprint density at radius 1 is 1.12 bits per heavy atom. The lowest BCUT2D eigenvalue weighted by Crippen LogP contribution is -2.44. The van der Waals surface area contributed by atoms with E-state index in [4.69, 9.17) is 24.1 Å². The van der Waals surface area contributed by atoms with Gasteiger partial charge in [0.05, 0.1) is 12.5 Å². The lowest BCUT2D eigenvalue weighted by Gasteiger charge is -2.35. The quantitative estimate of drug-likeness (QED) is 0.335. The van der Waals surface area contributed by atoms with Crippen LogP contribution in [0.15, 0.2) is 52.4 Å². The second-order valence-corrected chi connectivity index (χ2v) is 10.2. The molecule has 3 heterocycles. The predicted octanol–water partition coefficient (Wildman–Crippen LogP) is 5.43. The summed E-state index contributed by atoms with van der Waals surface area (Å²) in [4.78, 5) is 31.0. The molecule has 0 unspecified atom stereocenters. The normalized spacial score (nSPS) is 14.2. The number of hydrogen-bond acceptors (Lipinski definition) is 8. The van der Waals surface area contributed by atoms with Crippen molar-refractivity contribution in [2.45, 2.75) is 25.1 Å². The van der Waals surface area contributed by atoms with E-state index in [2.05, 4.69) is 24.2 Å². The van der Waals surface area contributed by atoms with Crippen molar-refractivity contribution in [1.29, 1.82) is 0 Å². The van der Waals surface area contributed by atoms with E-state index in [0.717, 1.165) is 53.3 Å². The van der Waals surface area contributed by atoms with Gasteiger partial charge in [-0.2, -0.15) is 13.2 Å².